The summed E-state index contributed by atoms with van der Waals surface area (Å²) in [6.07, 6.45) is -3.11. The molecule has 1 atom stereocenters. The summed E-state index contributed by atoms with van der Waals surface area (Å²) in [5, 5.41) is 4.21. The fourth-order valence-corrected chi connectivity index (χ4v) is 3.22. The number of aromatic nitrogens is 2. The molecule has 27 heavy (non-hydrogen) atoms. The van der Waals surface area contributed by atoms with Crippen molar-refractivity contribution in [1.82, 2.24) is 14.7 Å². The van der Waals surface area contributed by atoms with Crippen LogP contribution < -0.4 is 5.73 Å². The Labute approximate surface area is 165 Å². The summed E-state index contributed by atoms with van der Waals surface area (Å²) in [4.78, 5) is 14.1. The second-order valence-electron chi connectivity index (χ2n) is 6.78. The van der Waals surface area contributed by atoms with Gasteiger partial charge < -0.3 is 10.6 Å². The van der Waals surface area contributed by atoms with Gasteiger partial charge in [-0.1, -0.05) is 18.5 Å². The lowest BCUT2D eigenvalue weighted by molar-refractivity contribution is -0.143. The summed E-state index contributed by atoms with van der Waals surface area (Å²) in [7, 11) is 0. The zero-order valence-corrected chi connectivity index (χ0v) is 16.0. The summed E-state index contributed by atoms with van der Waals surface area (Å²) < 4.78 is 41.8. The van der Waals surface area contributed by atoms with Crippen molar-refractivity contribution in [3.05, 3.63) is 46.7 Å². The van der Waals surface area contributed by atoms with Crippen molar-refractivity contribution in [3.63, 3.8) is 0 Å². The Kier molecular flexibility index (Phi) is 6.13. The highest BCUT2D eigenvalue weighted by Crippen LogP contribution is 2.36. The molecule has 0 bridgehead atoms. The zero-order chi connectivity index (χ0) is 19.1. The second kappa shape index (κ2) is 7.69. The van der Waals surface area contributed by atoms with Crippen LogP contribution in [0, 0.1) is 5.41 Å². The molecule has 148 valence electrons. The minimum atomic E-state index is -4.74. The van der Waals surface area contributed by atoms with E-state index in [1.165, 1.54) is 29.2 Å². The van der Waals surface area contributed by atoms with Gasteiger partial charge in [0.1, 0.15) is 0 Å². The number of carbonyl (C=O) groups excluding carboxylic acids is 1. The summed E-state index contributed by atoms with van der Waals surface area (Å²) in [5.74, 6) is -0.685. The average Bonchev–Trinajstić information content (AvgIpc) is 3.19. The van der Waals surface area contributed by atoms with Crippen LogP contribution in [0.25, 0.3) is 5.69 Å². The maximum atomic E-state index is 13.7. The van der Waals surface area contributed by atoms with Gasteiger partial charge in [-0.3, -0.25) is 4.79 Å². The molecule has 1 aliphatic rings. The highest BCUT2D eigenvalue weighted by molar-refractivity contribution is 6.30. The molecule has 10 heteroatoms. The molecule has 0 saturated carbocycles. The lowest BCUT2D eigenvalue weighted by atomic mass is 9.90. The van der Waals surface area contributed by atoms with E-state index in [9.17, 15) is 18.0 Å². The van der Waals surface area contributed by atoms with E-state index in [-0.39, 0.29) is 23.5 Å². The third-order valence-electron chi connectivity index (χ3n) is 4.68. The molecule has 0 aliphatic carbocycles. The van der Waals surface area contributed by atoms with Gasteiger partial charge >= 0.3 is 6.18 Å². The Bertz CT molecular complexity index is 823. The van der Waals surface area contributed by atoms with E-state index in [2.05, 4.69) is 5.10 Å². The SMILES string of the molecule is CC1(CN)CCN(C(=O)c2cnn(-c3ccc(Cl)cc3)c2C(F)(F)F)C1.Cl. The first-order valence-corrected chi connectivity index (χ1v) is 8.43. The number of hydrogen-bond acceptors (Lipinski definition) is 3. The van der Waals surface area contributed by atoms with Crippen molar-refractivity contribution >= 4 is 29.9 Å². The van der Waals surface area contributed by atoms with Crippen LogP contribution in [-0.4, -0.2) is 40.2 Å². The summed E-state index contributed by atoms with van der Waals surface area (Å²) in [5.41, 5.74) is 4.06. The number of likely N-dealkylation sites (tertiary alicyclic amines) is 1. The molecule has 2 heterocycles. The standard InChI is InChI=1S/C17H18ClF3N4O.ClH/c1-16(9-22)6-7-24(10-16)15(26)13-8-23-25(14(13)17(19,20)21)12-4-2-11(18)3-5-12;/h2-5,8H,6-7,9-10,22H2,1H3;1H. The first-order valence-electron chi connectivity index (χ1n) is 8.05. The monoisotopic (exact) mass is 422 g/mol. The van der Waals surface area contributed by atoms with Gasteiger partial charge in [0.25, 0.3) is 5.91 Å². The van der Waals surface area contributed by atoms with E-state index in [1.54, 1.807) is 0 Å². The number of carbonyl (C=O) groups is 1. The van der Waals surface area contributed by atoms with Gasteiger partial charge in [0.05, 0.1) is 17.4 Å². The highest BCUT2D eigenvalue weighted by atomic mass is 35.5. The molecular weight excluding hydrogens is 404 g/mol. The molecule has 2 aromatic rings. The van der Waals surface area contributed by atoms with E-state index >= 15 is 0 Å². The van der Waals surface area contributed by atoms with E-state index in [4.69, 9.17) is 17.3 Å². The third-order valence-corrected chi connectivity index (χ3v) is 4.93. The minimum absolute atomic E-state index is 0. The van der Waals surface area contributed by atoms with Gasteiger partial charge in [-0.25, -0.2) is 4.68 Å². The molecule has 1 fully saturated rings. The first-order chi connectivity index (χ1) is 12.1. The van der Waals surface area contributed by atoms with Gasteiger partial charge in [0.2, 0.25) is 0 Å². The topological polar surface area (TPSA) is 64.2 Å². The van der Waals surface area contributed by atoms with Crippen LogP contribution >= 0.6 is 24.0 Å². The zero-order valence-electron chi connectivity index (χ0n) is 14.5. The van der Waals surface area contributed by atoms with Crippen molar-refractivity contribution in [2.24, 2.45) is 11.1 Å². The van der Waals surface area contributed by atoms with E-state index in [0.717, 1.165) is 10.9 Å². The largest absolute Gasteiger partial charge is 0.434 e. The third kappa shape index (κ3) is 4.23. The molecule has 5 nitrogen and oxygen atoms in total. The molecule has 1 aliphatic heterocycles. The maximum Gasteiger partial charge on any atom is 0.434 e. The molecular formula is C17H19Cl2F3N4O. The molecule has 0 spiro atoms. The van der Waals surface area contributed by atoms with E-state index in [0.29, 0.717) is 31.1 Å². The number of benzene rings is 1. The van der Waals surface area contributed by atoms with Gasteiger partial charge in [-0.2, -0.15) is 18.3 Å². The van der Waals surface area contributed by atoms with Gasteiger partial charge in [-0.05, 0) is 42.6 Å². The second-order valence-corrected chi connectivity index (χ2v) is 7.22. The maximum absolute atomic E-state index is 13.7. The van der Waals surface area contributed by atoms with E-state index in [1.807, 2.05) is 6.92 Å². The fraction of sp³-hybridized carbons (Fsp3) is 0.412. The summed E-state index contributed by atoms with van der Waals surface area (Å²) in [6, 6.07) is 5.76. The quantitative estimate of drug-likeness (QED) is 0.818. The Morgan fingerprint density at radius 1 is 1.33 bits per heavy atom. The summed E-state index contributed by atoms with van der Waals surface area (Å²) in [6.45, 7) is 2.98. The van der Waals surface area contributed by atoms with Crippen LogP contribution in [0.5, 0.6) is 0 Å². The molecule has 1 amide bonds. The molecule has 3 rings (SSSR count). The minimum Gasteiger partial charge on any atom is -0.338 e. The first kappa shape index (κ1) is 21.5. The number of amides is 1. The molecule has 1 unspecified atom stereocenters. The lowest BCUT2D eigenvalue weighted by Gasteiger charge is -2.22. The predicted octanol–water partition coefficient (Wildman–Crippen LogP) is 3.78. The van der Waals surface area contributed by atoms with Gasteiger partial charge in [0.15, 0.2) is 5.69 Å². The number of rotatable bonds is 3. The number of hydrogen-bond donors (Lipinski definition) is 1. The van der Waals surface area contributed by atoms with Crippen LogP contribution in [0.4, 0.5) is 13.2 Å². The molecule has 0 radical (unpaired) electrons. The number of halogens is 5. The average molecular weight is 423 g/mol. The Morgan fingerprint density at radius 2 is 1.96 bits per heavy atom. The van der Waals surface area contributed by atoms with Crippen LogP contribution in [0.3, 0.4) is 0 Å². The number of nitrogens with zero attached hydrogens (tertiary/aromatic N) is 3. The van der Waals surface area contributed by atoms with Crippen LogP contribution in [0.2, 0.25) is 5.02 Å². The highest BCUT2D eigenvalue weighted by Gasteiger charge is 2.43. The van der Waals surface area contributed by atoms with Crippen LogP contribution in [0.15, 0.2) is 30.5 Å². The van der Waals surface area contributed by atoms with Crippen molar-refractivity contribution in [2.45, 2.75) is 19.5 Å². The van der Waals surface area contributed by atoms with Crippen LogP contribution in [-0.2, 0) is 6.18 Å². The summed E-state index contributed by atoms with van der Waals surface area (Å²) >= 11 is 5.79. The van der Waals surface area contributed by atoms with Crippen LogP contribution in [0.1, 0.15) is 29.4 Å². The normalized spacial score (nSPS) is 19.9. The number of nitrogens with two attached hydrogens (primary N) is 1. The molecule has 2 N–H and O–H groups in total. The van der Waals surface area contributed by atoms with Crippen molar-refractivity contribution in [2.75, 3.05) is 19.6 Å². The smallest absolute Gasteiger partial charge is 0.338 e. The van der Waals surface area contributed by atoms with Gasteiger partial charge in [-0.15, -0.1) is 12.4 Å². The predicted molar refractivity (Wildman–Crippen MR) is 98.5 cm³/mol. The number of alkyl halides is 3. The van der Waals surface area contributed by atoms with E-state index < -0.39 is 23.3 Å². The fourth-order valence-electron chi connectivity index (χ4n) is 3.09. The molecule has 1 aromatic heterocycles. The van der Waals surface area contributed by atoms with Crippen molar-refractivity contribution in [3.8, 4) is 5.69 Å². The van der Waals surface area contributed by atoms with Crippen molar-refractivity contribution in [1.29, 1.82) is 0 Å². The molecule has 1 aromatic carbocycles. The Hall–Kier alpha value is -1.77. The Balaban J connectivity index is 0.00000261. The Morgan fingerprint density at radius 3 is 2.48 bits per heavy atom. The lowest BCUT2D eigenvalue weighted by Crippen LogP contribution is -2.35. The van der Waals surface area contributed by atoms with Crippen molar-refractivity contribution < 1.29 is 18.0 Å². The van der Waals surface area contributed by atoms with Gasteiger partial charge in [0, 0.05) is 18.1 Å². The molecule has 1 saturated heterocycles.